The van der Waals surface area contributed by atoms with Gasteiger partial charge in [0, 0.05) is 32.0 Å². The Bertz CT molecular complexity index is 857. The molecule has 0 saturated carbocycles. The van der Waals surface area contributed by atoms with Crippen molar-refractivity contribution in [2.45, 2.75) is 46.1 Å². The van der Waals surface area contributed by atoms with Crippen LogP contribution in [0.15, 0.2) is 53.5 Å². The monoisotopic (exact) mass is 412 g/mol. The zero-order valence-corrected chi connectivity index (χ0v) is 18.4. The van der Waals surface area contributed by atoms with E-state index >= 15 is 0 Å². The van der Waals surface area contributed by atoms with Crippen LogP contribution in [0, 0.1) is 0 Å². The number of nitrogens with two attached hydrogens (primary N) is 1. The van der Waals surface area contributed by atoms with Gasteiger partial charge in [-0.25, -0.2) is 9.79 Å². The lowest BCUT2D eigenvalue weighted by molar-refractivity contribution is 0.0285. The van der Waals surface area contributed by atoms with E-state index < -0.39 is 5.60 Å². The lowest BCUT2D eigenvalue weighted by Gasteiger charge is -2.24. The number of aliphatic imine (C=N–C) groups is 1. The van der Waals surface area contributed by atoms with Gasteiger partial charge >= 0.3 is 6.09 Å². The maximum atomic E-state index is 12.1. The molecule has 0 spiro atoms. The Balaban J connectivity index is 1.92. The minimum atomic E-state index is -0.509. The molecule has 0 aliphatic rings. The van der Waals surface area contributed by atoms with Crippen LogP contribution in [0.25, 0.3) is 0 Å². The first-order valence-corrected chi connectivity index (χ1v) is 9.83. The third kappa shape index (κ3) is 7.75. The highest BCUT2D eigenvalue weighted by atomic mass is 16.6. The number of nitrogens with one attached hydrogen (secondary N) is 1. The van der Waals surface area contributed by atoms with Crippen LogP contribution >= 0.6 is 0 Å². The van der Waals surface area contributed by atoms with Crippen molar-refractivity contribution >= 4 is 17.7 Å². The number of rotatable bonds is 7. The van der Waals surface area contributed by atoms with E-state index in [2.05, 4.69) is 10.3 Å². The van der Waals surface area contributed by atoms with Crippen LogP contribution in [0.1, 0.15) is 37.5 Å². The van der Waals surface area contributed by atoms with Crippen LogP contribution in [0.5, 0.6) is 0 Å². The number of guanidine groups is 1. The Hall–Kier alpha value is -3.06. The average Bonchev–Trinajstić information content (AvgIpc) is 2.68. The van der Waals surface area contributed by atoms with Gasteiger partial charge in [0.05, 0.1) is 13.2 Å². The Morgan fingerprint density at radius 1 is 1.10 bits per heavy atom. The van der Waals surface area contributed by atoms with Crippen LogP contribution in [-0.4, -0.2) is 36.7 Å². The van der Waals surface area contributed by atoms with Crippen molar-refractivity contribution in [3.05, 3.63) is 65.2 Å². The standard InChI is InChI=1S/C23H32N4O3/c1-23(2,3)30-22(28)27(4)15-18-12-10-17(11-13-18)14-25-21(24)26-20-9-7-6-8-19(20)16-29-5/h6-13H,14-16H2,1-5H3,(H3,24,25,26). The van der Waals surface area contributed by atoms with Crippen LogP contribution in [0.2, 0.25) is 0 Å². The molecule has 0 aliphatic carbocycles. The summed E-state index contributed by atoms with van der Waals surface area (Å²) in [4.78, 5) is 18.0. The van der Waals surface area contributed by atoms with Crippen molar-refractivity contribution in [1.29, 1.82) is 0 Å². The zero-order chi connectivity index (χ0) is 22.1. The van der Waals surface area contributed by atoms with Crippen LogP contribution in [0.4, 0.5) is 10.5 Å². The third-order valence-electron chi connectivity index (χ3n) is 4.16. The summed E-state index contributed by atoms with van der Waals surface area (Å²) in [5.74, 6) is 0.340. The lowest BCUT2D eigenvalue weighted by atomic mass is 10.1. The van der Waals surface area contributed by atoms with E-state index in [1.54, 1.807) is 19.1 Å². The Morgan fingerprint density at radius 2 is 1.73 bits per heavy atom. The Morgan fingerprint density at radius 3 is 2.37 bits per heavy atom. The van der Waals surface area contributed by atoms with Crippen LogP contribution in [0.3, 0.4) is 0 Å². The van der Waals surface area contributed by atoms with Gasteiger partial charge in [-0.3, -0.25) is 0 Å². The SMILES string of the molecule is COCc1ccccc1NC(N)=NCc1ccc(CN(C)C(=O)OC(C)(C)C)cc1. The first-order chi connectivity index (χ1) is 14.2. The summed E-state index contributed by atoms with van der Waals surface area (Å²) in [6.07, 6.45) is -0.344. The number of nitrogens with zero attached hydrogens (tertiary/aromatic N) is 2. The molecule has 162 valence electrons. The molecular formula is C23H32N4O3. The predicted octanol–water partition coefficient (Wildman–Crippen LogP) is 4.13. The summed E-state index contributed by atoms with van der Waals surface area (Å²) in [6, 6.07) is 15.7. The van der Waals surface area contributed by atoms with Gasteiger partial charge in [0.25, 0.3) is 0 Å². The van der Waals surface area contributed by atoms with Gasteiger partial charge in [-0.15, -0.1) is 0 Å². The first kappa shape index (κ1) is 23.2. The predicted molar refractivity (Wildman–Crippen MR) is 120 cm³/mol. The van der Waals surface area contributed by atoms with Crippen molar-refractivity contribution < 1.29 is 14.3 Å². The van der Waals surface area contributed by atoms with Crippen molar-refractivity contribution in [3.8, 4) is 0 Å². The fraction of sp³-hybridized carbons (Fsp3) is 0.391. The van der Waals surface area contributed by atoms with Gasteiger partial charge in [0.1, 0.15) is 5.60 Å². The molecule has 1 amide bonds. The maximum absolute atomic E-state index is 12.1. The number of hydrogen-bond donors (Lipinski definition) is 2. The van der Waals surface area contributed by atoms with E-state index in [0.717, 1.165) is 22.4 Å². The minimum absolute atomic E-state index is 0.340. The average molecular weight is 413 g/mol. The number of anilines is 1. The number of carbonyl (C=O) groups excluding carboxylic acids is 1. The van der Waals surface area contributed by atoms with Gasteiger partial charge in [0.2, 0.25) is 0 Å². The molecule has 7 nitrogen and oxygen atoms in total. The molecular weight excluding hydrogens is 380 g/mol. The molecule has 2 rings (SSSR count). The molecule has 0 fully saturated rings. The van der Waals surface area contributed by atoms with Gasteiger partial charge in [0.15, 0.2) is 5.96 Å². The highest BCUT2D eigenvalue weighted by molar-refractivity contribution is 5.92. The van der Waals surface area contributed by atoms with Crippen molar-refractivity contribution in [2.24, 2.45) is 10.7 Å². The molecule has 3 N–H and O–H groups in total. The molecule has 0 heterocycles. The summed E-state index contributed by atoms with van der Waals surface area (Å²) < 4.78 is 10.6. The van der Waals surface area contributed by atoms with E-state index in [-0.39, 0.29) is 6.09 Å². The number of para-hydroxylation sites is 1. The number of ether oxygens (including phenoxy) is 2. The number of benzene rings is 2. The molecule has 2 aromatic rings. The van der Waals surface area contributed by atoms with Crippen molar-refractivity contribution in [2.75, 3.05) is 19.5 Å². The summed E-state index contributed by atoms with van der Waals surface area (Å²) in [5, 5.41) is 3.12. The van der Waals surface area contributed by atoms with E-state index in [9.17, 15) is 4.79 Å². The largest absolute Gasteiger partial charge is 0.444 e. The van der Waals surface area contributed by atoms with Gasteiger partial charge < -0.3 is 25.4 Å². The van der Waals surface area contributed by atoms with E-state index in [1.165, 1.54) is 0 Å². The number of carbonyl (C=O) groups is 1. The number of amides is 1. The molecule has 7 heteroatoms. The Kier molecular flexibility index (Phi) is 8.24. The molecule has 0 aromatic heterocycles. The van der Waals surface area contributed by atoms with E-state index in [0.29, 0.717) is 25.7 Å². The summed E-state index contributed by atoms with van der Waals surface area (Å²) >= 11 is 0. The third-order valence-corrected chi connectivity index (χ3v) is 4.16. The maximum Gasteiger partial charge on any atom is 0.410 e. The zero-order valence-electron chi connectivity index (χ0n) is 18.4. The van der Waals surface area contributed by atoms with Crippen molar-refractivity contribution in [3.63, 3.8) is 0 Å². The van der Waals surface area contributed by atoms with E-state index in [4.69, 9.17) is 15.2 Å². The fourth-order valence-corrected chi connectivity index (χ4v) is 2.71. The highest BCUT2D eigenvalue weighted by Gasteiger charge is 2.19. The number of hydrogen-bond acceptors (Lipinski definition) is 4. The second-order valence-electron chi connectivity index (χ2n) is 8.07. The minimum Gasteiger partial charge on any atom is -0.444 e. The molecule has 0 saturated heterocycles. The van der Waals surface area contributed by atoms with Crippen LogP contribution in [-0.2, 0) is 29.2 Å². The quantitative estimate of drug-likeness (QED) is 0.527. The summed E-state index contributed by atoms with van der Waals surface area (Å²) in [5.41, 5.74) is 9.45. The van der Waals surface area contributed by atoms with Gasteiger partial charge in [-0.2, -0.15) is 0 Å². The molecule has 2 aromatic carbocycles. The molecule has 0 radical (unpaired) electrons. The van der Waals surface area contributed by atoms with Gasteiger partial charge in [-0.05, 0) is 38.0 Å². The van der Waals surface area contributed by atoms with Gasteiger partial charge in [-0.1, -0.05) is 42.5 Å². The van der Waals surface area contributed by atoms with Crippen LogP contribution < -0.4 is 11.1 Å². The van der Waals surface area contributed by atoms with E-state index in [1.807, 2.05) is 69.3 Å². The lowest BCUT2D eigenvalue weighted by Crippen LogP contribution is -2.33. The molecule has 30 heavy (non-hydrogen) atoms. The number of methoxy groups -OCH3 is 1. The topological polar surface area (TPSA) is 89.2 Å². The molecule has 0 unspecified atom stereocenters. The molecule has 0 atom stereocenters. The fourth-order valence-electron chi connectivity index (χ4n) is 2.71. The summed E-state index contributed by atoms with van der Waals surface area (Å²) in [6.45, 7) is 6.97. The normalized spacial score (nSPS) is 11.8. The molecule has 0 aliphatic heterocycles. The highest BCUT2D eigenvalue weighted by Crippen LogP contribution is 2.16. The molecule has 0 bridgehead atoms. The second-order valence-corrected chi connectivity index (χ2v) is 8.07. The summed E-state index contributed by atoms with van der Waals surface area (Å²) in [7, 11) is 3.38. The smallest absolute Gasteiger partial charge is 0.410 e. The van der Waals surface area contributed by atoms with Crippen molar-refractivity contribution in [1.82, 2.24) is 4.90 Å². The first-order valence-electron chi connectivity index (χ1n) is 9.83. The Labute approximate surface area is 178 Å². The second kappa shape index (κ2) is 10.6.